The summed E-state index contributed by atoms with van der Waals surface area (Å²) in [6, 6.07) is 9.27. The van der Waals surface area contributed by atoms with Crippen molar-refractivity contribution in [3.05, 3.63) is 48.6 Å². The summed E-state index contributed by atoms with van der Waals surface area (Å²) in [7, 11) is 0. The molecule has 1 aromatic rings. The summed E-state index contributed by atoms with van der Waals surface area (Å²) in [5.41, 5.74) is -0.160. The summed E-state index contributed by atoms with van der Waals surface area (Å²) in [4.78, 5) is 12.6. The molecule has 2 rings (SSSR count). The number of hydrogen-bond acceptors (Lipinski definition) is 2. The highest BCUT2D eigenvalue weighted by atomic mass is 16.3. The van der Waals surface area contributed by atoms with Gasteiger partial charge in [-0.3, -0.25) is 4.79 Å². The highest BCUT2D eigenvalue weighted by Crippen LogP contribution is 2.37. The van der Waals surface area contributed by atoms with E-state index in [0.29, 0.717) is 12.0 Å². The molecule has 1 N–H and O–H groups in total. The summed E-state index contributed by atoms with van der Waals surface area (Å²) in [6.07, 6.45) is 6.91. The maximum Gasteiger partial charge on any atom is 0.169 e. The summed E-state index contributed by atoms with van der Waals surface area (Å²) >= 11 is 0. The van der Waals surface area contributed by atoms with E-state index < -0.39 is 5.60 Å². The van der Waals surface area contributed by atoms with Crippen LogP contribution in [-0.4, -0.2) is 16.5 Å². The van der Waals surface area contributed by atoms with Crippen LogP contribution >= 0.6 is 0 Å². The van der Waals surface area contributed by atoms with Crippen molar-refractivity contribution in [2.75, 3.05) is 0 Å². The van der Waals surface area contributed by atoms with Crippen LogP contribution in [0.25, 0.3) is 0 Å². The molecule has 102 valence electrons. The van der Waals surface area contributed by atoms with Crippen molar-refractivity contribution >= 4 is 5.78 Å². The van der Waals surface area contributed by atoms with Crippen molar-refractivity contribution in [1.82, 2.24) is 0 Å². The van der Waals surface area contributed by atoms with Gasteiger partial charge in [-0.05, 0) is 19.3 Å². The molecule has 1 fully saturated rings. The molecule has 0 bridgehead atoms. The Hall–Kier alpha value is -1.41. The number of carbonyl (C=O) groups excluding carboxylic acids is 1. The molecule has 1 atom stereocenters. The van der Waals surface area contributed by atoms with Crippen molar-refractivity contribution in [2.45, 2.75) is 44.1 Å². The fourth-order valence-corrected chi connectivity index (χ4v) is 3.05. The second kappa shape index (κ2) is 6.16. The zero-order chi connectivity index (χ0) is 13.7. The van der Waals surface area contributed by atoms with Crippen LogP contribution in [0, 0.1) is 5.92 Å². The standard InChI is InChI=1S/C17H22O2/c1-2-9-15(17(19)12-7-4-8-13-17)16(18)14-10-5-3-6-11-14/h2-3,5-6,10-11,15,19H,1,4,7-9,12-13H2. The maximum absolute atomic E-state index is 12.6. The molecule has 1 aliphatic carbocycles. The molecule has 0 radical (unpaired) electrons. The van der Waals surface area contributed by atoms with Crippen LogP contribution < -0.4 is 0 Å². The Morgan fingerprint density at radius 2 is 1.89 bits per heavy atom. The first-order valence-corrected chi connectivity index (χ1v) is 7.10. The van der Waals surface area contributed by atoms with Crippen LogP contribution in [-0.2, 0) is 0 Å². The van der Waals surface area contributed by atoms with Gasteiger partial charge in [0.2, 0.25) is 0 Å². The number of hydrogen-bond donors (Lipinski definition) is 1. The number of Topliss-reactive ketones (excluding diaryl/α,β-unsaturated/α-hetero) is 1. The number of rotatable bonds is 5. The molecule has 0 spiro atoms. The van der Waals surface area contributed by atoms with Crippen LogP contribution in [0.4, 0.5) is 0 Å². The molecular formula is C17H22O2. The number of benzene rings is 1. The van der Waals surface area contributed by atoms with E-state index in [1.807, 2.05) is 30.3 Å². The van der Waals surface area contributed by atoms with E-state index in [1.165, 1.54) is 0 Å². The van der Waals surface area contributed by atoms with E-state index in [1.54, 1.807) is 6.08 Å². The van der Waals surface area contributed by atoms with E-state index in [9.17, 15) is 9.90 Å². The topological polar surface area (TPSA) is 37.3 Å². The second-order valence-electron chi connectivity index (χ2n) is 5.47. The molecular weight excluding hydrogens is 236 g/mol. The monoisotopic (exact) mass is 258 g/mol. The number of allylic oxidation sites excluding steroid dienone is 1. The smallest absolute Gasteiger partial charge is 0.169 e. The zero-order valence-corrected chi connectivity index (χ0v) is 11.3. The first-order valence-electron chi connectivity index (χ1n) is 7.10. The van der Waals surface area contributed by atoms with E-state index >= 15 is 0 Å². The highest BCUT2D eigenvalue weighted by molar-refractivity contribution is 5.98. The molecule has 0 amide bonds. The average Bonchev–Trinajstić information content (AvgIpc) is 2.45. The highest BCUT2D eigenvalue weighted by Gasteiger charge is 2.41. The van der Waals surface area contributed by atoms with E-state index in [4.69, 9.17) is 0 Å². The summed E-state index contributed by atoms with van der Waals surface area (Å²) in [6.45, 7) is 3.74. The van der Waals surface area contributed by atoms with Crippen LogP contribution in [0.1, 0.15) is 48.9 Å². The fraction of sp³-hybridized carbons (Fsp3) is 0.471. The van der Waals surface area contributed by atoms with Gasteiger partial charge in [0.05, 0.1) is 11.5 Å². The minimum atomic E-state index is -0.848. The van der Waals surface area contributed by atoms with Gasteiger partial charge in [-0.15, -0.1) is 6.58 Å². The lowest BCUT2D eigenvalue weighted by atomic mass is 9.71. The number of carbonyl (C=O) groups is 1. The Labute approximate surface area is 115 Å². The Morgan fingerprint density at radius 1 is 1.26 bits per heavy atom. The normalized spacial score (nSPS) is 19.6. The van der Waals surface area contributed by atoms with Crippen molar-refractivity contribution in [1.29, 1.82) is 0 Å². The predicted molar refractivity (Wildman–Crippen MR) is 77.1 cm³/mol. The van der Waals surface area contributed by atoms with Gasteiger partial charge in [0.15, 0.2) is 5.78 Å². The van der Waals surface area contributed by atoms with Gasteiger partial charge in [0.25, 0.3) is 0 Å². The minimum absolute atomic E-state index is 0.0462. The summed E-state index contributed by atoms with van der Waals surface area (Å²) in [5.74, 6) is -0.308. The molecule has 0 saturated heterocycles. The molecule has 1 aromatic carbocycles. The Kier molecular flexibility index (Phi) is 4.54. The number of aliphatic hydroxyl groups is 1. The molecule has 1 saturated carbocycles. The molecule has 19 heavy (non-hydrogen) atoms. The summed E-state index contributed by atoms with van der Waals surface area (Å²) in [5, 5.41) is 10.8. The zero-order valence-electron chi connectivity index (χ0n) is 11.3. The third-order valence-electron chi connectivity index (χ3n) is 4.15. The lowest BCUT2D eigenvalue weighted by molar-refractivity contribution is -0.0378. The molecule has 2 nitrogen and oxygen atoms in total. The maximum atomic E-state index is 12.6. The van der Waals surface area contributed by atoms with Crippen molar-refractivity contribution in [3.8, 4) is 0 Å². The van der Waals surface area contributed by atoms with Crippen LogP contribution in [0.5, 0.6) is 0 Å². The molecule has 0 heterocycles. The molecule has 1 unspecified atom stereocenters. The SMILES string of the molecule is C=CCC(C(=O)c1ccccc1)C1(O)CCCCC1. The minimum Gasteiger partial charge on any atom is -0.389 e. The Bertz CT molecular complexity index is 430. The van der Waals surface area contributed by atoms with Crippen LogP contribution in [0.3, 0.4) is 0 Å². The third kappa shape index (κ3) is 3.13. The fourth-order valence-electron chi connectivity index (χ4n) is 3.05. The molecule has 2 heteroatoms. The Morgan fingerprint density at radius 3 is 2.47 bits per heavy atom. The largest absolute Gasteiger partial charge is 0.389 e. The van der Waals surface area contributed by atoms with Gasteiger partial charge in [0, 0.05) is 5.56 Å². The van der Waals surface area contributed by atoms with E-state index in [0.717, 1.165) is 32.1 Å². The average molecular weight is 258 g/mol. The van der Waals surface area contributed by atoms with Gasteiger partial charge in [-0.1, -0.05) is 55.7 Å². The van der Waals surface area contributed by atoms with Crippen molar-refractivity contribution in [3.63, 3.8) is 0 Å². The first kappa shape index (κ1) is 14.0. The predicted octanol–water partition coefficient (Wildman–Crippen LogP) is 3.76. The van der Waals surface area contributed by atoms with Gasteiger partial charge in [0.1, 0.15) is 0 Å². The van der Waals surface area contributed by atoms with Crippen LogP contribution in [0.15, 0.2) is 43.0 Å². The molecule has 1 aliphatic rings. The Balaban J connectivity index is 2.24. The van der Waals surface area contributed by atoms with Gasteiger partial charge < -0.3 is 5.11 Å². The first-order chi connectivity index (χ1) is 9.17. The van der Waals surface area contributed by atoms with Gasteiger partial charge in [-0.2, -0.15) is 0 Å². The number of ketones is 1. The van der Waals surface area contributed by atoms with E-state index in [2.05, 4.69) is 6.58 Å². The van der Waals surface area contributed by atoms with E-state index in [-0.39, 0.29) is 11.7 Å². The summed E-state index contributed by atoms with van der Waals surface area (Å²) < 4.78 is 0. The van der Waals surface area contributed by atoms with Crippen molar-refractivity contribution < 1.29 is 9.90 Å². The van der Waals surface area contributed by atoms with Gasteiger partial charge in [-0.25, -0.2) is 0 Å². The second-order valence-corrected chi connectivity index (χ2v) is 5.47. The molecule has 0 aromatic heterocycles. The lowest BCUT2D eigenvalue weighted by Gasteiger charge is -2.38. The quantitative estimate of drug-likeness (QED) is 0.645. The molecule has 0 aliphatic heterocycles. The van der Waals surface area contributed by atoms with Gasteiger partial charge >= 0.3 is 0 Å². The third-order valence-corrected chi connectivity index (χ3v) is 4.15. The lowest BCUT2D eigenvalue weighted by Crippen LogP contribution is -2.43. The van der Waals surface area contributed by atoms with Crippen molar-refractivity contribution in [2.24, 2.45) is 5.92 Å². The van der Waals surface area contributed by atoms with Crippen LogP contribution in [0.2, 0.25) is 0 Å².